The highest BCUT2D eigenvalue weighted by atomic mass is 79.9. The molecular formula is C11H4BrClF4N2. The summed E-state index contributed by atoms with van der Waals surface area (Å²) in [6, 6.07) is 4.85. The van der Waals surface area contributed by atoms with Crippen LogP contribution in [-0.4, -0.2) is 9.97 Å². The van der Waals surface area contributed by atoms with Gasteiger partial charge in [-0.3, -0.25) is 0 Å². The molecule has 1 aromatic carbocycles. The minimum absolute atomic E-state index is 0.0934. The van der Waals surface area contributed by atoms with Gasteiger partial charge in [-0.05, 0) is 45.7 Å². The molecule has 0 bridgehead atoms. The molecular weight excluding hydrogens is 351 g/mol. The van der Waals surface area contributed by atoms with Gasteiger partial charge in [-0.1, -0.05) is 6.07 Å². The number of rotatable bonds is 1. The van der Waals surface area contributed by atoms with Crippen LogP contribution in [0.1, 0.15) is 5.69 Å². The Bertz CT molecular complexity index is 631. The van der Waals surface area contributed by atoms with Crippen LogP contribution in [0.15, 0.2) is 28.7 Å². The molecule has 2 nitrogen and oxygen atoms in total. The Morgan fingerprint density at radius 1 is 1.16 bits per heavy atom. The highest BCUT2D eigenvalue weighted by Gasteiger charge is 2.33. The van der Waals surface area contributed by atoms with Crippen LogP contribution in [0.4, 0.5) is 17.6 Å². The molecule has 0 saturated heterocycles. The number of halogens is 6. The Balaban J connectivity index is 2.63. The van der Waals surface area contributed by atoms with E-state index in [9.17, 15) is 17.6 Å². The minimum atomic E-state index is -4.68. The highest BCUT2D eigenvalue weighted by molar-refractivity contribution is 9.10. The fraction of sp³-hybridized carbons (Fsp3) is 0.0909. The van der Waals surface area contributed by atoms with Gasteiger partial charge in [-0.15, -0.1) is 0 Å². The quantitative estimate of drug-likeness (QED) is 0.546. The van der Waals surface area contributed by atoms with Crippen LogP contribution >= 0.6 is 27.5 Å². The zero-order valence-corrected chi connectivity index (χ0v) is 11.3. The Morgan fingerprint density at radius 3 is 2.47 bits per heavy atom. The van der Waals surface area contributed by atoms with E-state index < -0.39 is 23.0 Å². The zero-order valence-electron chi connectivity index (χ0n) is 8.97. The van der Waals surface area contributed by atoms with E-state index in [0.717, 1.165) is 0 Å². The smallest absolute Gasteiger partial charge is 0.218 e. The van der Waals surface area contributed by atoms with Gasteiger partial charge in [0.1, 0.15) is 11.5 Å². The highest BCUT2D eigenvalue weighted by Crippen LogP contribution is 2.33. The molecule has 2 rings (SSSR count). The number of hydrogen-bond acceptors (Lipinski definition) is 2. The van der Waals surface area contributed by atoms with E-state index in [0.29, 0.717) is 6.07 Å². The third-order valence-corrected chi connectivity index (χ3v) is 3.00. The Labute approximate surface area is 118 Å². The van der Waals surface area contributed by atoms with E-state index in [1.165, 1.54) is 18.2 Å². The fourth-order valence-corrected chi connectivity index (χ4v) is 1.95. The third kappa shape index (κ3) is 3.03. The number of hydrogen-bond donors (Lipinski definition) is 0. The summed E-state index contributed by atoms with van der Waals surface area (Å²) in [6.07, 6.45) is -4.68. The van der Waals surface area contributed by atoms with Gasteiger partial charge >= 0.3 is 6.18 Å². The summed E-state index contributed by atoms with van der Waals surface area (Å²) in [7, 11) is 0. The molecule has 19 heavy (non-hydrogen) atoms. The van der Waals surface area contributed by atoms with Crippen molar-refractivity contribution in [3.05, 3.63) is 45.5 Å². The van der Waals surface area contributed by atoms with Crippen LogP contribution in [0.2, 0.25) is 5.28 Å². The predicted octanol–water partition coefficient (Wildman–Crippen LogP) is 4.72. The molecule has 2 aromatic rings. The number of alkyl halides is 3. The summed E-state index contributed by atoms with van der Waals surface area (Å²) in [5, 5.41) is -0.593. The summed E-state index contributed by atoms with van der Waals surface area (Å²) in [4.78, 5) is 6.69. The lowest BCUT2D eigenvalue weighted by molar-refractivity contribution is -0.141. The first kappa shape index (κ1) is 14.2. The van der Waals surface area contributed by atoms with Crippen LogP contribution < -0.4 is 0 Å². The lowest BCUT2D eigenvalue weighted by Gasteiger charge is -2.09. The molecule has 0 spiro atoms. The standard InChI is InChI=1S/C11H4BrClF4N2/c12-6-3-1-2-5(9(6)14)7-4-8(11(15,16)17)19-10(13)18-7/h1-4H. The molecule has 8 heteroatoms. The van der Waals surface area contributed by atoms with E-state index >= 15 is 0 Å². The molecule has 0 radical (unpaired) electrons. The third-order valence-electron chi connectivity index (χ3n) is 2.22. The van der Waals surface area contributed by atoms with Gasteiger partial charge in [0.15, 0.2) is 0 Å². The van der Waals surface area contributed by atoms with Crippen LogP contribution in [0.5, 0.6) is 0 Å². The lowest BCUT2D eigenvalue weighted by Crippen LogP contribution is -2.09. The maximum Gasteiger partial charge on any atom is 0.433 e. The number of benzene rings is 1. The fourth-order valence-electron chi connectivity index (χ4n) is 1.40. The molecule has 0 aliphatic rings. The van der Waals surface area contributed by atoms with Crippen molar-refractivity contribution in [1.29, 1.82) is 0 Å². The summed E-state index contributed by atoms with van der Waals surface area (Å²) in [5.74, 6) is -0.717. The van der Waals surface area contributed by atoms with Crippen LogP contribution in [-0.2, 0) is 6.18 Å². The molecule has 0 aliphatic carbocycles. The van der Waals surface area contributed by atoms with E-state index in [1.54, 1.807) is 0 Å². The Hall–Kier alpha value is -1.21. The molecule has 0 fully saturated rings. The second-order valence-corrected chi connectivity index (χ2v) is 4.70. The SMILES string of the molecule is Fc1c(Br)cccc1-c1cc(C(F)(F)F)nc(Cl)n1. The largest absolute Gasteiger partial charge is 0.433 e. The van der Waals surface area contributed by atoms with Crippen molar-refractivity contribution in [2.24, 2.45) is 0 Å². The number of nitrogens with zero attached hydrogens (tertiary/aromatic N) is 2. The summed E-state index contributed by atoms with van der Waals surface area (Å²) < 4.78 is 51.7. The second-order valence-electron chi connectivity index (χ2n) is 3.51. The molecule has 0 aliphatic heterocycles. The average molecular weight is 356 g/mol. The number of aromatic nitrogens is 2. The molecule has 100 valence electrons. The van der Waals surface area contributed by atoms with Crippen molar-refractivity contribution >= 4 is 27.5 Å². The van der Waals surface area contributed by atoms with Gasteiger partial charge < -0.3 is 0 Å². The van der Waals surface area contributed by atoms with Crippen molar-refractivity contribution in [3.8, 4) is 11.3 Å². The monoisotopic (exact) mass is 354 g/mol. The molecule has 0 amide bonds. The first-order valence-corrected chi connectivity index (χ1v) is 6.02. The molecule has 0 N–H and O–H groups in total. The predicted molar refractivity (Wildman–Crippen MR) is 65.1 cm³/mol. The maximum atomic E-state index is 13.8. The Kier molecular flexibility index (Phi) is 3.78. The first-order valence-electron chi connectivity index (χ1n) is 4.85. The lowest BCUT2D eigenvalue weighted by atomic mass is 10.1. The van der Waals surface area contributed by atoms with Gasteiger partial charge in [0.05, 0.1) is 10.2 Å². The van der Waals surface area contributed by atoms with Gasteiger partial charge in [-0.2, -0.15) is 13.2 Å². The maximum absolute atomic E-state index is 13.8. The second kappa shape index (κ2) is 5.05. The van der Waals surface area contributed by atoms with Crippen molar-refractivity contribution in [1.82, 2.24) is 9.97 Å². The van der Waals surface area contributed by atoms with E-state index in [2.05, 4.69) is 25.9 Å². The van der Waals surface area contributed by atoms with Crippen LogP contribution in [0.25, 0.3) is 11.3 Å². The van der Waals surface area contributed by atoms with Gasteiger partial charge in [0.25, 0.3) is 0 Å². The molecule has 0 unspecified atom stereocenters. The summed E-state index contributed by atoms with van der Waals surface area (Å²) in [6.45, 7) is 0. The Morgan fingerprint density at radius 2 is 1.84 bits per heavy atom. The zero-order chi connectivity index (χ0) is 14.2. The first-order chi connectivity index (χ1) is 8.79. The van der Waals surface area contributed by atoms with Crippen molar-refractivity contribution < 1.29 is 17.6 Å². The van der Waals surface area contributed by atoms with Crippen LogP contribution in [0.3, 0.4) is 0 Å². The van der Waals surface area contributed by atoms with Crippen LogP contribution in [0, 0.1) is 5.82 Å². The van der Waals surface area contributed by atoms with Gasteiger partial charge in [0.2, 0.25) is 5.28 Å². The average Bonchev–Trinajstić information content (AvgIpc) is 2.31. The minimum Gasteiger partial charge on any atom is -0.218 e. The summed E-state index contributed by atoms with van der Waals surface area (Å²) in [5.41, 5.74) is -1.54. The van der Waals surface area contributed by atoms with Gasteiger partial charge in [0, 0.05) is 5.56 Å². The molecule has 1 heterocycles. The van der Waals surface area contributed by atoms with E-state index in [1.807, 2.05) is 0 Å². The van der Waals surface area contributed by atoms with Gasteiger partial charge in [-0.25, -0.2) is 14.4 Å². The van der Waals surface area contributed by atoms with Crippen molar-refractivity contribution in [3.63, 3.8) is 0 Å². The molecule has 1 aromatic heterocycles. The molecule has 0 saturated carbocycles. The topological polar surface area (TPSA) is 25.8 Å². The van der Waals surface area contributed by atoms with E-state index in [4.69, 9.17) is 11.6 Å². The van der Waals surface area contributed by atoms with Crippen molar-refractivity contribution in [2.45, 2.75) is 6.18 Å². The summed E-state index contributed by atoms with van der Waals surface area (Å²) >= 11 is 8.39. The molecule has 0 atom stereocenters. The van der Waals surface area contributed by atoms with E-state index in [-0.39, 0.29) is 15.7 Å². The van der Waals surface area contributed by atoms with Crippen molar-refractivity contribution in [2.75, 3.05) is 0 Å². The normalized spacial score (nSPS) is 11.7.